The average molecular weight is 223 g/mol. The standard InChI is InChI=1S/C11H17N3O2/c1-8-6-9(7-16-8)11(15)14-3-2-10-12-4-5-13-10/h4-5,8-9H,2-3,6-7H2,1H3,(H,12,13)(H,14,15). The summed E-state index contributed by atoms with van der Waals surface area (Å²) in [7, 11) is 0. The molecule has 0 spiro atoms. The number of aromatic amines is 1. The first-order valence-electron chi connectivity index (χ1n) is 5.63. The molecule has 5 nitrogen and oxygen atoms in total. The van der Waals surface area contributed by atoms with Gasteiger partial charge in [0.2, 0.25) is 5.91 Å². The van der Waals surface area contributed by atoms with Crippen LogP contribution in [0.3, 0.4) is 0 Å². The highest BCUT2D eigenvalue weighted by Crippen LogP contribution is 2.18. The van der Waals surface area contributed by atoms with Crippen molar-refractivity contribution in [3.63, 3.8) is 0 Å². The Bertz CT molecular complexity index is 337. The van der Waals surface area contributed by atoms with Crippen LogP contribution in [-0.4, -0.2) is 35.1 Å². The summed E-state index contributed by atoms with van der Waals surface area (Å²) < 4.78 is 5.36. The second-order valence-corrected chi connectivity index (χ2v) is 4.15. The molecule has 0 aromatic carbocycles. The van der Waals surface area contributed by atoms with E-state index >= 15 is 0 Å². The molecule has 0 radical (unpaired) electrons. The summed E-state index contributed by atoms with van der Waals surface area (Å²) in [6, 6.07) is 0. The number of hydrogen-bond acceptors (Lipinski definition) is 3. The Balaban J connectivity index is 1.68. The number of carbonyl (C=O) groups excluding carboxylic acids is 1. The van der Waals surface area contributed by atoms with Gasteiger partial charge in [-0.1, -0.05) is 0 Å². The Hall–Kier alpha value is -1.36. The van der Waals surface area contributed by atoms with Gasteiger partial charge in [-0.3, -0.25) is 4.79 Å². The topological polar surface area (TPSA) is 67.0 Å². The van der Waals surface area contributed by atoms with Crippen LogP contribution in [0.4, 0.5) is 0 Å². The van der Waals surface area contributed by atoms with Crippen LogP contribution in [0.5, 0.6) is 0 Å². The summed E-state index contributed by atoms with van der Waals surface area (Å²) >= 11 is 0. The normalized spacial score (nSPS) is 24.6. The van der Waals surface area contributed by atoms with Gasteiger partial charge >= 0.3 is 0 Å². The van der Waals surface area contributed by atoms with Crippen molar-refractivity contribution in [1.29, 1.82) is 0 Å². The van der Waals surface area contributed by atoms with Crippen LogP contribution in [0.15, 0.2) is 12.4 Å². The summed E-state index contributed by atoms with van der Waals surface area (Å²) in [6.45, 7) is 3.17. The molecule has 88 valence electrons. The second kappa shape index (κ2) is 5.12. The molecule has 0 saturated carbocycles. The molecule has 16 heavy (non-hydrogen) atoms. The number of ether oxygens (including phenoxy) is 1. The maximum absolute atomic E-state index is 11.7. The first-order valence-corrected chi connectivity index (χ1v) is 5.63. The number of aromatic nitrogens is 2. The Labute approximate surface area is 94.6 Å². The third-order valence-corrected chi connectivity index (χ3v) is 2.79. The van der Waals surface area contributed by atoms with Gasteiger partial charge in [0.1, 0.15) is 5.82 Å². The predicted molar refractivity (Wildman–Crippen MR) is 58.8 cm³/mol. The average Bonchev–Trinajstić information content (AvgIpc) is 2.89. The van der Waals surface area contributed by atoms with Crippen molar-refractivity contribution < 1.29 is 9.53 Å². The van der Waals surface area contributed by atoms with E-state index in [1.54, 1.807) is 12.4 Å². The number of nitrogens with one attached hydrogen (secondary N) is 2. The van der Waals surface area contributed by atoms with Gasteiger partial charge in [-0.15, -0.1) is 0 Å². The van der Waals surface area contributed by atoms with Crippen LogP contribution in [0.1, 0.15) is 19.2 Å². The number of hydrogen-bond donors (Lipinski definition) is 2. The van der Waals surface area contributed by atoms with E-state index < -0.39 is 0 Å². The van der Waals surface area contributed by atoms with Crippen molar-refractivity contribution in [3.8, 4) is 0 Å². The minimum absolute atomic E-state index is 0.0200. The summed E-state index contributed by atoms with van der Waals surface area (Å²) in [5, 5.41) is 2.90. The minimum atomic E-state index is 0.0200. The van der Waals surface area contributed by atoms with Crippen LogP contribution in [0, 0.1) is 5.92 Å². The van der Waals surface area contributed by atoms with Crippen LogP contribution in [-0.2, 0) is 16.0 Å². The molecule has 1 aromatic rings. The van der Waals surface area contributed by atoms with E-state index in [2.05, 4.69) is 15.3 Å². The molecule has 2 rings (SSSR count). The van der Waals surface area contributed by atoms with E-state index in [4.69, 9.17) is 4.74 Å². The lowest BCUT2D eigenvalue weighted by Crippen LogP contribution is -2.32. The van der Waals surface area contributed by atoms with Gasteiger partial charge < -0.3 is 15.0 Å². The summed E-state index contributed by atoms with van der Waals surface area (Å²) in [6.07, 6.45) is 5.27. The molecule has 0 aliphatic carbocycles. The maximum Gasteiger partial charge on any atom is 0.225 e. The molecule has 5 heteroatoms. The van der Waals surface area contributed by atoms with Crippen LogP contribution < -0.4 is 5.32 Å². The molecule has 1 aliphatic rings. The highest BCUT2D eigenvalue weighted by atomic mass is 16.5. The third-order valence-electron chi connectivity index (χ3n) is 2.79. The number of rotatable bonds is 4. The highest BCUT2D eigenvalue weighted by molar-refractivity contribution is 5.79. The van der Waals surface area contributed by atoms with Gasteiger partial charge in [0, 0.05) is 25.4 Å². The molecule has 1 amide bonds. The fourth-order valence-electron chi connectivity index (χ4n) is 1.88. The molecule has 2 heterocycles. The van der Waals surface area contributed by atoms with Crippen molar-refractivity contribution in [1.82, 2.24) is 15.3 Å². The molecule has 1 aliphatic heterocycles. The van der Waals surface area contributed by atoms with E-state index in [1.165, 1.54) is 0 Å². The van der Waals surface area contributed by atoms with Gasteiger partial charge in [0.15, 0.2) is 0 Å². The molecule has 1 fully saturated rings. The fourth-order valence-corrected chi connectivity index (χ4v) is 1.88. The Morgan fingerprint density at radius 2 is 2.62 bits per heavy atom. The first kappa shape index (κ1) is 11.1. The fraction of sp³-hybridized carbons (Fsp3) is 0.636. The minimum Gasteiger partial charge on any atom is -0.378 e. The molecular weight excluding hydrogens is 206 g/mol. The maximum atomic E-state index is 11.7. The Morgan fingerprint density at radius 3 is 3.25 bits per heavy atom. The largest absolute Gasteiger partial charge is 0.378 e. The third kappa shape index (κ3) is 2.82. The molecule has 1 aromatic heterocycles. The highest BCUT2D eigenvalue weighted by Gasteiger charge is 2.27. The van der Waals surface area contributed by atoms with Gasteiger partial charge in [-0.2, -0.15) is 0 Å². The monoisotopic (exact) mass is 223 g/mol. The summed E-state index contributed by atoms with van der Waals surface area (Å²) in [4.78, 5) is 18.8. The zero-order chi connectivity index (χ0) is 11.4. The number of imidazole rings is 1. The van der Waals surface area contributed by atoms with Gasteiger partial charge in [0.05, 0.1) is 18.6 Å². The smallest absolute Gasteiger partial charge is 0.225 e. The van der Waals surface area contributed by atoms with Crippen LogP contribution in [0.25, 0.3) is 0 Å². The van der Waals surface area contributed by atoms with E-state index in [-0.39, 0.29) is 17.9 Å². The SMILES string of the molecule is CC1CC(C(=O)NCCc2ncc[nH]2)CO1. The van der Waals surface area contributed by atoms with Crippen LogP contribution in [0.2, 0.25) is 0 Å². The van der Waals surface area contributed by atoms with Gasteiger partial charge in [-0.25, -0.2) is 4.98 Å². The van der Waals surface area contributed by atoms with Crippen molar-refractivity contribution in [3.05, 3.63) is 18.2 Å². The number of H-pyrrole nitrogens is 1. The number of amides is 1. The first-order chi connectivity index (χ1) is 7.75. The summed E-state index contributed by atoms with van der Waals surface area (Å²) in [5.74, 6) is 1.01. The van der Waals surface area contributed by atoms with E-state index in [0.29, 0.717) is 13.2 Å². The zero-order valence-corrected chi connectivity index (χ0v) is 9.40. The molecule has 2 N–H and O–H groups in total. The zero-order valence-electron chi connectivity index (χ0n) is 9.40. The van der Waals surface area contributed by atoms with Gasteiger partial charge in [0.25, 0.3) is 0 Å². The van der Waals surface area contributed by atoms with Crippen LogP contribution >= 0.6 is 0 Å². The van der Waals surface area contributed by atoms with E-state index in [1.807, 2.05) is 6.92 Å². The molecule has 2 atom stereocenters. The quantitative estimate of drug-likeness (QED) is 0.780. The van der Waals surface area contributed by atoms with Crippen molar-refractivity contribution in [2.75, 3.05) is 13.2 Å². The summed E-state index contributed by atoms with van der Waals surface area (Å²) in [5.41, 5.74) is 0. The van der Waals surface area contributed by atoms with E-state index in [9.17, 15) is 4.79 Å². The number of nitrogens with zero attached hydrogens (tertiary/aromatic N) is 1. The molecule has 2 unspecified atom stereocenters. The van der Waals surface area contributed by atoms with Crippen molar-refractivity contribution >= 4 is 5.91 Å². The lowest BCUT2D eigenvalue weighted by molar-refractivity contribution is -0.124. The predicted octanol–water partition coefficient (Wildman–Crippen LogP) is 0.493. The van der Waals surface area contributed by atoms with Crippen molar-refractivity contribution in [2.45, 2.75) is 25.9 Å². The Kier molecular flexibility index (Phi) is 3.56. The molecule has 1 saturated heterocycles. The Morgan fingerprint density at radius 1 is 1.75 bits per heavy atom. The molecule has 0 bridgehead atoms. The molecular formula is C11H17N3O2. The lowest BCUT2D eigenvalue weighted by Gasteiger charge is -2.08. The second-order valence-electron chi connectivity index (χ2n) is 4.15. The van der Waals surface area contributed by atoms with E-state index in [0.717, 1.165) is 18.7 Å². The van der Waals surface area contributed by atoms with Crippen molar-refractivity contribution in [2.24, 2.45) is 5.92 Å². The lowest BCUT2D eigenvalue weighted by atomic mass is 10.1. The van der Waals surface area contributed by atoms with Gasteiger partial charge in [-0.05, 0) is 13.3 Å². The number of carbonyl (C=O) groups is 1.